The van der Waals surface area contributed by atoms with E-state index in [1.54, 1.807) is 30.7 Å². The molecule has 0 bridgehead atoms. The molecule has 3 heterocycles. The minimum absolute atomic E-state index is 0.0248. The summed E-state index contributed by atoms with van der Waals surface area (Å²) in [4.78, 5) is 16.3. The van der Waals surface area contributed by atoms with Crippen molar-refractivity contribution < 1.29 is 14.3 Å². The summed E-state index contributed by atoms with van der Waals surface area (Å²) >= 11 is 1.78. The van der Waals surface area contributed by atoms with Crippen LogP contribution in [0.25, 0.3) is 0 Å². The van der Waals surface area contributed by atoms with E-state index in [4.69, 9.17) is 9.47 Å². The Hall–Kier alpha value is -4.67. The van der Waals surface area contributed by atoms with E-state index in [1.807, 2.05) is 77.7 Å². The molecule has 0 aliphatic carbocycles. The van der Waals surface area contributed by atoms with Crippen molar-refractivity contribution in [3.05, 3.63) is 137 Å². The summed E-state index contributed by atoms with van der Waals surface area (Å²) in [5.41, 5.74) is 3.34. The Morgan fingerprint density at radius 3 is 1.98 bits per heavy atom. The summed E-state index contributed by atoms with van der Waals surface area (Å²) in [5, 5.41) is 16.7. The Morgan fingerprint density at radius 2 is 1.43 bits per heavy atom. The van der Waals surface area contributed by atoms with Gasteiger partial charge in [0.2, 0.25) is 5.91 Å². The fourth-order valence-electron chi connectivity index (χ4n) is 6.88. The van der Waals surface area contributed by atoms with Crippen LogP contribution in [0.3, 0.4) is 0 Å². The molecule has 234 valence electrons. The number of amides is 1. The number of hydrogen-bond donors (Lipinski definition) is 1. The molecule has 2 aliphatic rings. The van der Waals surface area contributed by atoms with Gasteiger partial charge in [0.25, 0.3) is 0 Å². The zero-order chi connectivity index (χ0) is 31.9. The molecule has 4 aromatic carbocycles. The number of methoxy groups -OCH3 is 2. The monoisotopic (exact) mass is 632 g/mol. The molecule has 3 atom stereocenters. The predicted octanol–water partition coefficient (Wildman–Crippen LogP) is 5.42. The number of nitrogens with one attached hydrogen (secondary N) is 1. The quantitative estimate of drug-likeness (QED) is 0.161. The number of ether oxygens (including phenoxy) is 2. The molecule has 10 heteroatoms. The minimum Gasteiger partial charge on any atom is -0.497 e. The van der Waals surface area contributed by atoms with Crippen molar-refractivity contribution in [2.75, 3.05) is 14.2 Å². The summed E-state index contributed by atoms with van der Waals surface area (Å²) in [7, 11) is 3.26. The lowest BCUT2D eigenvalue weighted by atomic mass is 9.76. The van der Waals surface area contributed by atoms with Gasteiger partial charge in [-0.15, -0.1) is 16.9 Å². The van der Waals surface area contributed by atoms with Crippen LogP contribution in [0.1, 0.15) is 48.0 Å². The van der Waals surface area contributed by atoms with Gasteiger partial charge in [-0.1, -0.05) is 91.0 Å². The minimum atomic E-state index is -0.758. The number of nitrogens with zero attached hydrogens (tertiary/aromatic N) is 5. The molecule has 9 nitrogen and oxygen atoms in total. The number of β-lactam (4-membered cyclic amide) rings is 1. The maximum atomic E-state index is 14.4. The van der Waals surface area contributed by atoms with Crippen molar-refractivity contribution in [2.45, 2.75) is 48.1 Å². The molecule has 0 radical (unpaired) electrons. The number of tetrazole rings is 1. The van der Waals surface area contributed by atoms with Gasteiger partial charge in [-0.05, 0) is 53.1 Å². The molecule has 2 saturated heterocycles. The second-order valence-corrected chi connectivity index (χ2v) is 13.9. The summed E-state index contributed by atoms with van der Waals surface area (Å²) in [6.07, 6.45) is 0. The number of hydrogen-bond acceptors (Lipinski definition) is 8. The molecular formula is C36H36N6O3S. The average molecular weight is 633 g/mol. The molecule has 2 aliphatic heterocycles. The molecule has 0 spiro atoms. The zero-order valence-corrected chi connectivity index (χ0v) is 27.0. The maximum Gasteiger partial charge on any atom is 0.244 e. The number of thioether (sulfide) groups is 1. The number of fused-ring (bicyclic) bond motifs is 1. The first-order valence-electron chi connectivity index (χ1n) is 15.3. The number of rotatable bonds is 10. The molecular weight excluding hydrogens is 597 g/mol. The lowest BCUT2D eigenvalue weighted by Gasteiger charge is -2.49. The topological polar surface area (TPSA) is 94.4 Å². The lowest BCUT2D eigenvalue weighted by molar-refractivity contribution is -0.150. The van der Waals surface area contributed by atoms with Crippen molar-refractivity contribution >= 4 is 17.7 Å². The normalized spacial score (nSPS) is 20.2. The standard InChI is InChI=1S/C36H36N6O3S/c1-35(2)31(32-38-39-40-41(32)23-24-20-21-28(44-3)22-29(24)45-4)42-33(43)30(34(42)46-35)37-36(25-14-8-5-9-15-25,26-16-10-6-11-17-26)27-18-12-7-13-19-27/h5-22,30-31,34,37H,23H2,1-4H3/t30?,31?,34-/m1/s1. The van der Waals surface area contributed by atoms with Gasteiger partial charge in [-0.25, -0.2) is 4.68 Å². The van der Waals surface area contributed by atoms with E-state index in [0.717, 1.165) is 22.3 Å². The summed E-state index contributed by atoms with van der Waals surface area (Å²) < 4.78 is 12.4. The first-order chi connectivity index (χ1) is 22.4. The smallest absolute Gasteiger partial charge is 0.244 e. The van der Waals surface area contributed by atoms with E-state index in [-0.39, 0.29) is 22.1 Å². The Kier molecular flexibility index (Phi) is 7.78. The van der Waals surface area contributed by atoms with Gasteiger partial charge < -0.3 is 14.4 Å². The van der Waals surface area contributed by atoms with Crippen molar-refractivity contribution in [1.29, 1.82) is 0 Å². The first-order valence-corrected chi connectivity index (χ1v) is 16.2. The molecule has 46 heavy (non-hydrogen) atoms. The van der Waals surface area contributed by atoms with E-state index in [0.29, 0.717) is 23.9 Å². The predicted molar refractivity (Wildman–Crippen MR) is 178 cm³/mol. The van der Waals surface area contributed by atoms with Crippen LogP contribution in [0.4, 0.5) is 0 Å². The first kappa shape index (κ1) is 30.0. The maximum absolute atomic E-state index is 14.4. The highest BCUT2D eigenvalue weighted by atomic mass is 32.2. The highest BCUT2D eigenvalue weighted by molar-refractivity contribution is 8.01. The molecule has 1 aromatic heterocycles. The van der Waals surface area contributed by atoms with Gasteiger partial charge in [0.05, 0.1) is 26.3 Å². The van der Waals surface area contributed by atoms with Crippen LogP contribution < -0.4 is 14.8 Å². The zero-order valence-electron chi connectivity index (χ0n) is 26.2. The van der Waals surface area contributed by atoms with Crippen LogP contribution >= 0.6 is 11.8 Å². The SMILES string of the molecule is COc1ccc(Cn2nnnc2C2N3C(=O)C(NC(c4ccccc4)(c4ccccc4)c4ccccc4)[C@H]3SC2(C)C)c(OC)c1. The Balaban J connectivity index is 1.25. The van der Waals surface area contributed by atoms with Crippen LogP contribution in [0.5, 0.6) is 11.5 Å². The van der Waals surface area contributed by atoms with Gasteiger partial charge in [0.1, 0.15) is 29.0 Å². The second-order valence-electron chi connectivity index (χ2n) is 12.1. The van der Waals surface area contributed by atoms with Crippen molar-refractivity contribution in [1.82, 2.24) is 30.4 Å². The van der Waals surface area contributed by atoms with Gasteiger partial charge in [0, 0.05) is 16.4 Å². The van der Waals surface area contributed by atoms with E-state index in [1.165, 1.54) is 0 Å². The second kappa shape index (κ2) is 11.9. The largest absolute Gasteiger partial charge is 0.497 e. The third-order valence-electron chi connectivity index (χ3n) is 9.05. The number of carbonyl (C=O) groups is 1. The molecule has 7 rings (SSSR count). The van der Waals surface area contributed by atoms with Gasteiger partial charge in [0.15, 0.2) is 5.82 Å². The molecule has 1 amide bonds. The van der Waals surface area contributed by atoms with E-state index in [2.05, 4.69) is 71.1 Å². The summed E-state index contributed by atoms with van der Waals surface area (Å²) in [5.74, 6) is 2.06. The van der Waals surface area contributed by atoms with Crippen LogP contribution in [-0.2, 0) is 16.9 Å². The fourth-order valence-corrected chi connectivity index (χ4v) is 8.51. The van der Waals surface area contributed by atoms with E-state index in [9.17, 15) is 4.79 Å². The van der Waals surface area contributed by atoms with Crippen LogP contribution in [0.15, 0.2) is 109 Å². The highest BCUT2D eigenvalue weighted by Gasteiger charge is 2.64. The Morgan fingerprint density at radius 1 is 0.848 bits per heavy atom. The van der Waals surface area contributed by atoms with Gasteiger partial charge >= 0.3 is 0 Å². The van der Waals surface area contributed by atoms with Crippen molar-refractivity contribution in [3.8, 4) is 11.5 Å². The van der Waals surface area contributed by atoms with Crippen molar-refractivity contribution in [3.63, 3.8) is 0 Å². The molecule has 5 aromatic rings. The third kappa shape index (κ3) is 4.92. The molecule has 2 unspecified atom stereocenters. The molecule has 2 fully saturated rings. The van der Waals surface area contributed by atoms with Gasteiger partial charge in [-0.3, -0.25) is 10.1 Å². The number of benzene rings is 4. The van der Waals surface area contributed by atoms with E-state index < -0.39 is 11.6 Å². The summed E-state index contributed by atoms with van der Waals surface area (Å²) in [6.45, 7) is 4.72. The fraction of sp³-hybridized carbons (Fsp3) is 0.278. The van der Waals surface area contributed by atoms with Crippen LogP contribution in [-0.4, -0.2) is 61.4 Å². The van der Waals surface area contributed by atoms with Crippen LogP contribution in [0, 0.1) is 0 Å². The van der Waals surface area contributed by atoms with Crippen LogP contribution in [0.2, 0.25) is 0 Å². The highest BCUT2D eigenvalue weighted by Crippen LogP contribution is 2.57. The summed E-state index contributed by atoms with van der Waals surface area (Å²) in [6, 6.07) is 36.0. The molecule has 1 N–H and O–H groups in total. The number of aromatic nitrogens is 4. The van der Waals surface area contributed by atoms with E-state index >= 15 is 0 Å². The molecule has 0 saturated carbocycles. The average Bonchev–Trinajstić information content (AvgIpc) is 3.65. The van der Waals surface area contributed by atoms with Crippen molar-refractivity contribution in [2.24, 2.45) is 0 Å². The third-order valence-corrected chi connectivity index (χ3v) is 10.6. The number of carbonyl (C=O) groups excluding carboxylic acids is 1. The van der Waals surface area contributed by atoms with Gasteiger partial charge in [-0.2, -0.15) is 0 Å². The lowest BCUT2D eigenvalue weighted by Crippen LogP contribution is -2.70. The Labute approximate surface area is 272 Å². The Bertz CT molecular complexity index is 1740.